The molecule has 2 amide bonds. The number of carbonyl (C=O) groups is 2. The van der Waals surface area contributed by atoms with E-state index >= 15 is 0 Å². The van der Waals surface area contributed by atoms with Crippen LogP contribution in [0, 0.1) is 0 Å². The zero-order valence-electron chi connectivity index (χ0n) is 12.4. The van der Waals surface area contributed by atoms with Gasteiger partial charge in [0, 0.05) is 6.54 Å². The Bertz CT molecular complexity index is 490. The highest BCUT2D eigenvalue weighted by molar-refractivity contribution is 5.80. The van der Waals surface area contributed by atoms with Gasteiger partial charge >= 0.3 is 12.0 Å². The van der Waals surface area contributed by atoms with E-state index in [1.165, 1.54) is 7.11 Å². The molecule has 0 aromatic heterocycles. The van der Waals surface area contributed by atoms with Gasteiger partial charge in [-0.2, -0.15) is 0 Å². The molecule has 116 valence electrons. The molecule has 7 nitrogen and oxygen atoms in total. The number of amides is 2. The van der Waals surface area contributed by atoms with Crippen molar-refractivity contribution in [2.24, 2.45) is 0 Å². The molecule has 1 rings (SSSR count). The van der Waals surface area contributed by atoms with E-state index in [2.05, 4.69) is 15.4 Å². The predicted octanol–water partition coefficient (Wildman–Crippen LogP) is 0.719. The van der Waals surface area contributed by atoms with E-state index in [9.17, 15) is 9.59 Å². The maximum absolute atomic E-state index is 11.4. The fourth-order valence-corrected chi connectivity index (χ4v) is 1.64. The lowest BCUT2D eigenvalue weighted by Gasteiger charge is -2.10. The SMILES string of the molecule is COC(=O)CNC(=O)NCCc1ccc(OC)c(OC)c1. The molecule has 0 spiro atoms. The quantitative estimate of drug-likeness (QED) is 0.724. The predicted molar refractivity (Wildman–Crippen MR) is 76.7 cm³/mol. The van der Waals surface area contributed by atoms with Crippen molar-refractivity contribution >= 4 is 12.0 Å². The van der Waals surface area contributed by atoms with Crippen molar-refractivity contribution in [2.75, 3.05) is 34.4 Å². The van der Waals surface area contributed by atoms with Gasteiger partial charge in [-0.15, -0.1) is 0 Å². The zero-order chi connectivity index (χ0) is 15.7. The summed E-state index contributed by atoms with van der Waals surface area (Å²) in [5.41, 5.74) is 1.00. The van der Waals surface area contributed by atoms with Crippen LogP contribution < -0.4 is 20.1 Å². The molecule has 0 unspecified atom stereocenters. The molecule has 0 aliphatic carbocycles. The van der Waals surface area contributed by atoms with E-state index in [1.807, 2.05) is 18.2 Å². The number of methoxy groups -OCH3 is 3. The van der Waals surface area contributed by atoms with E-state index in [-0.39, 0.29) is 6.54 Å². The highest BCUT2D eigenvalue weighted by Crippen LogP contribution is 2.27. The smallest absolute Gasteiger partial charge is 0.325 e. The van der Waals surface area contributed by atoms with Crippen LogP contribution in [0.15, 0.2) is 18.2 Å². The molecule has 0 fully saturated rings. The van der Waals surface area contributed by atoms with Gasteiger partial charge in [-0.3, -0.25) is 4.79 Å². The standard InChI is InChI=1S/C14H20N2O5/c1-19-11-5-4-10(8-12(11)20-2)6-7-15-14(18)16-9-13(17)21-3/h4-5,8H,6-7,9H2,1-3H3,(H2,15,16,18). The van der Waals surface area contributed by atoms with Gasteiger partial charge in [-0.05, 0) is 24.1 Å². The van der Waals surface area contributed by atoms with E-state index in [0.717, 1.165) is 5.56 Å². The number of ether oxygens (including phenoxy) is 3. The van der Waals surface area contributed by atoms with E-state index in [4.69, 9.17) is 9.47 Å². The third-order valence-corrected chi connectivity index (χ3v) is 2.77. The number of urea groups is 1. The van der Waals surface area contributed by atoms with Gasteiger partial charge in [0.15, 0.2) is 11.5 Å². The Kier molecular flexibility index (Phi) is 6.86. The van der Waals surface area contributed by atoms with Gasteiger partial charge in [0.2, 0.25) is 0 Å². The summed E-state index contributed by atoms with van der Waals surface area (Å²) in [6.07, 6.45) is 0.631. The summed E-state index contributed by atoms with van der Waals surface area (Å²) in [4.78, 5) is 22.3. The Labute approximate surface area is 123 Å². The van der Waals surface area contributed by atoms with Gasteiger partial charge in [0.05, 0.1) is 21.3 Å². The Morgan fingerprint density at radius 3 is 2.38 bits per heavy atom. The maximum Gasteiger partial charge on any atom is 0.325 e. The number of benzene rings is 1. The number of nitrogens with one attached hydrogen (secondary N) is 2. The van der Waals surface area contributed by atoms with Gasteiger partial charge in [-0.25, -0.2) is 4.79 Å². The molecule has 1 aromatic carbocycles. The van der Waals surface area contributed by atoms with E-state index < -0.39 is 12.0 Å². The summed E-state index contributed by atoms with van der Waals surface area (Å²) in [6.45, 7) is 0.279. The lowest BCUT2D eigenvalue weighted by Crippen LogP contribution is -2.39. The second kappa shape index (κ2) is 8.68. The topological polar surface area (TPSA) is 85.9 Å². The third kappa shape index (κ3) is 5.60. The molecule has 7 heteroatoms. The minimum absolute atomic E-state index is 0.154. The second-order valence-corrected chi connectivity index (χ2v) is 4.12. The van der Waals surface area contributed by atoms with Crippen LogP contribution in [0.5, 0.6) is 11.5 Å². The largest absolute Gasteiger partial charge is 0.493 e. The van der Waals surface area contributed by atoms with Crippen molar-refractivity contribution in [1.29, 1.82) is 0 Å². The Morgan fingerprint density at radius 2 is 1.76 bits per heavy atom. The summed E-state index contributed by atoms with van der Waals surface area (Å²) in [5.74, 6) is 0.806. The van der Waals surface area contributed by atoms with Gasteiger partial charge in [0.1, 0.15) is 6.54 Å². The van der Waals surface area contributed by atoms with Crippen molar-refractivity contribution in [2.45, 2.75) is 6.42 Å². The van der Waals surface area contributed by atoms with E-state index in [1.54, 1.807) is 14.2 Å². The van der Waals surface area contributed by atoms with Crippen molar-refractivity contribution in [1.82, 2.24) is 10.6 Å². The second-order valence-electron chi connectivity index (χ2n) is 4.12. The van der Waals surface area contributed by atoms with Crippen molar-refractivity contribution in [3.05, 3.63) is 23.8 Å². The summed E-state index contributed by atoms with van der Waals surface area (Å²) in [5, 5.41) is 5.04. The number of carbonyl (C=O) groups excluding carboxylic acids is 2. The molecule has 0 saturated heterocycles. The van der Waals surface area contributed by atoms with Crippen molar-refractivity contribution in [3.63, 3.8) is 0 Å². The third-order valence-electron chi connectivity index (χ3n) is 2.77. The molecular formula is C14H20N2O5. The number of hydrogen-bond donors (Lipinski definition) is 2. The van der Waals surface area contributed by atoms with Gasteiger partial charge in [-0.1, -0.05) is 6.07 Å². The number of rotatable bonds is 7. The average Bonchev–Trinajstić information content (AvgIpc) is 2.52. The number of hydrogen-bond acceptors (Lipinski definition) is 5. The molecule has 0 atom stereocenters. The normalized spacial score (nSPS) is 9.67. The monoisotopic (exact) mass is 296 g/mol. The summed E-state index contributed by atoms with van der Waals surface area (Å²) >= 11 is 0. The van der Waals surface area contributed by atoms with Crippen LogP contribution in [0.1, 0.15) is 5.56 Å². The van der Waals surface area contributed by atoms with Crippen LogP contribution >= 0.6 is 0 Å². The average molecular weight is 296 g/mol. The molecule has 21 heavy (non-hydrogen) atoms. The Morgan fingerprint density at radius 1 is 1.05 bits per heavy atom. The fraction of sp³-hybridized carbons (Fsp3) is 0.429. The van der Waals surface area contributed by atoms with Crippen LogP contribution in [0.3, 0.4) is 0 Å². The Balaban J connectivity index is 2.38. The molecule has 0 aliphatic rings. The first kappa shape index (κ1) is 16.6. The highest BCUT2D eigenvalue weighted by atomic mass is 16.5. The Hall–Kier alpha value is -2.44. The lowest BCUT2D eigenvalue weighted by atomic mass is 10.1. The number of esters is 1. The molecular weight excluding hydrogens is 276 g/mol. The van der Waals surface area contributed by atoms with Crippen molar-refractivity contribution < 1.29 is 23.8 Å². The molecule has 1 aromatic rings. The highest BCUT2D eigenvalue weighted by Gasteiger charge is 2.06. The first-order valence-corrected chi connectivity index (χ1v) is 6.40. The van der Waals surface area contributed by atoms with Crippen LogP contribution in [-0.4, -0.2) is 46.4 Å². The first-order chi connectivity index (χ1) is 10.1. The minimum atomic E-state index is -0.495. The fourth-order valence-electron chi connectivity index (χ4n) is 1.64. The maximum atomic E-state index is 11.4. The van der Waals surface area contributed by atoms with E-state index in [0.29, 0.717) is 24.5 Å². The van der Waals surface area contributed by atoms with Gasteiger partial charge in [0.25, 0.3) is 0 Å². The molecule has 0 bridgehead atoms. The van der Waals surface area contributed by atoms with Crippen molar-refractivity contribution in [3.8, 4) is 11.5 Å². The van der Waals surface area contributed by atoms with Gasteiger partial charge < -0.3 is 24.8 Å². The summed E-state index contributed by atoms with van der Waals surface area (Å²) < 4.78 is 14.8. The molecule has 0 aliphatic heterocycles. The van der Waals surface area contributed by atoms with Crippen LogP contribution in [0.25, 0.3) is 0 Å². The van der Waals surface area contributed by atoms with Crippen LogP contribution in [-0.2, 0) is 16.0 Å². The van der Waals surface area contributed by atoms with Crippen LogP contribution in [0.4, 0.5) is 4.79 Å². The molecule has 0 radical (unpaired) electrons. The molecule has 2 N–H and O–H groups in total. The molecule has 0 saturated carbocycles. The first-order valence-electron chi connectivity index (χ1n) is 6.40. The minimum Gasteiger partial charge on any atom is -0.493 e. The summed E-state index contributed by atoms with van der Waals surface area (Å²) in [7, 11) is 4.41. The zero-order valence-corrected chi connectivity index (χ0v) is 12.4. The summed E-state index contributed by atoms with van der Waals surface area (Å²) in [6, 6.07) is 5.15. The van der Waals surface area contributed by atoms with Crippen LogP contribution in [0.2, 0.25) is 0 Å². The lowest BCUT2D eigenvalue weighted by molar-refractivity contribution is -0.139. The molecule has 0 heterocycles.